The molecule has 0 saturated carbocycles. The highest BCUT2D eigenvalue weighted by Crippen LogP contribution is 2.31. The van der Waals surface area contributed by atoms with Gasteiger partial charge in [0.05, 0.1) is 10.5 Å². The maximum absolute atomic E-state index is 12.7. The van der Waals surface area contributed by atoms with Crippen molar-refractivity contribution in [3.05, 3.63) is 90.0 Å². The number of amides is 1. The normalized spacial score (nSPS) is 15.2. The second-order valence-corrected chi connectivity index (χ2v) is 9.20. The van der Waals surface area contributed by atoms with Gasteiger partial charge in [-0.05, 0) is 61.4 Å². The van der Waals surface area contributed by atoms with E-state index in [0.29, 0.717) is 5.69 Å². The van der Waals surface area contributed by atoms with Gasteiger partial charge in [-0.15, -0.1) is 0 Å². The van der Waals surface area contributed by atoms with E-state index in [4.69, 9.17) is 4.74 Å². The van der Waals surface area contributed by atoms with Gasteiger partial charge < -0.3 is 9.64 Å². The zero-order valence-corrected chi connectivity index (χ0v) is 18.2. The van der Waals surface area contributed by atoms with Gasteiger partial charge >= 0.3 is 5.97 Å². The van der Waals surface area contributed by atoms with Crippen molar-refractivity contribution in [3.8, 4) is 0 Å². The van der Waals surface area contributed by atoms with Crippen LogP contribution in [0.5, 0.6) is 0 Å². The molecule has 1 aliphatic rings. The number of para-hydroxylation sites is 2. The Hall–Kier alpha value is -3.65. The van der Waals surface area contributed by atoms with E-state index in [1.54, 1.807) is 35.2 Å². The minimum Gasteiger partial charge on any atom is -0.452 e. The van der Waals surface area contributed by atoms with Gasteiger partial charge in [-0.25, -0.2) is 13.2 Å². The topological polar surface area (TPSA) is 92.8 Å². The Kier molecular flexibility index (Phi) is 5.96. The molecule has 1 atom stereocenters. The second kappa shape index (κ2) is 8.84. The van der Waals surface area contributed by atoms with Crippen LogP contribution in [0.2, 0.25) is 0 Å². The van der Waals surface area contributed by atoms with Crippen LogP contribution in [0, 0.1) is 0 Å². The summed E-state index contributed by atoms with van der Waals surface area (Å²) in [7, 11) is -3.79. The molecule has 32 heavy (non-hydrogen) atoms. The first-order chi connectivity index (χ1) is 15.3. The van der Waals surface area contributed by atoms with E-state index in [1.165, 1.54) is 24.3 Å². The van der Waals surface area contributed by atoms with Crippen molar-refractivity contribution in [1.82, 2.24) is 0 Å². The van der Waals surface area contributed by atoms with E-state index in [1.807, 2.05) is 31.2 Å². The Morgan fingerprint density at radius 3 is 2.34 bits per heavy atom. The number of hydrogen-bond donors (Lipinski definition) is 1. The van der Waals surface area contributed by atoms with Gasteiger partial charge in [0.15, 0.2) is 6.61 Å². The lowest BCUT2D eigenvalue weighted by Gasteiger charge is -2.22. The number of rotatable bonds is 6. The highest BCUT2D eigenvalue weighted by molar-refractivity contribution is 7.92. The monoisotopic (exact) mass is 450 g/mol. The SMILES string of the molecule is C[C@H]1Cc2ccccc2N1C(=O)COC(=O)c1ccc(S(=O)(=O)Nc2ccccc2)cc1. The average Bonchev–Trinajstić information content (AvgIpc) is 3.13. The fourth-order valence-corrected chi connectivity index (χ4v) is 4.77. The predicted molar refractivity (Wildman–Crippen MR) is 121 cm³/mol. The fourth-order valence-electron chi connectivity index (χ4n) is 3.72. The summed E-state index contributed by atoms with van der Waals surface area (Å²) < 4.78 is 32.7. The molecule has 1 heterocycles. The Labute approximate surface area is 186 Å². The molecular weight excluding hydrogens is 428 g/mol. The number of sulfonamides is 1. The lowest BCUT2D eigenvalue weighted by atomic mass is 10.1. The minimum atomic E-state index is -3.79. The largest absolute Gasteiger partial charge is 0.452 e. The van der Waals surface area contributed by atoms with Crippen molar-refractivity contribution in [2.45, 2.75) is 24.3 Å². The van der Waals surface area contributed by atoms with E-state index in [-0.39, 0.29) is 22.4 Å². The van der Waals surface area contributed by atoms with E-state index in [0.717, 1.165) is 17.7 Å². The van der Waals surface area contributed by atoms with Crippen LogP contribution >= 0.6 is 0 Å². The van der Waals surface area contributed by atoms with Gasteiger partial charge in [0.2, 0.25) is 0 Å². The average molecular weight is 451 g/mol. The molecule has 0 aliphatic carbocycles. The summed E-state index contributed by atoms with van der Waals surface area (Å²) in [5.74, 6) is -1.000. The van der Waals surface area contributed by atoms with Crippen molar-refractivity contribution in [3.63, 3.8) is 0 Å². The number of nitrogens with one attached hydrogen (secondary N) is 1. The number of nitrogens with zero attached hydrogens (tertiary/aromatic N) is 1. The Morgan fingerprint density at radius 1 is 0.969 bits per heavy atom. The van der Waals surface area contributed by atoms with Crippen molar-refractivity contribution < 1.29 is 22.7 Å². The maximum atomic E-state index is 12.7. The third-order valence-corrected chi connectivity index (χ3v) is 6.63. The van der Waals surface area contributed by atoms with Crippen LogP contribution in [0.3, 0.4) is 0 Å². The number of esters is 1. The molecule has 3 aromatic carbocycles. The molecule has 0 saturated heterocycles. The first-order valence-corrected chi connectivity index (χ1v) is 11.6. The van der Waals surface area contributed by atoms with Crippen molar-refractivity contribution in [2.75, 3.05) is 16.2 Å². The van der Waals surface area contributed by atoms with Crippen LogP contribution in [-0.2, 0) is 26.0 Å². The molecule has 0 spiro atoms. The number of carbonyl (C=O) groups excluding carboxylic acids is 2. The molecular formula is C24H22N2O5S. The third kappa shape index (κ3) is 4.50. The molecule has 1 N–H and O–H groups in total. The van der Waals surface area contributed by atoms with Gasteiger partial charge in [-0.3, -0.25) is 9.52 Å². The number of fused-ring (bicyclic) bond motifs is 1. The van der Waals surface area contributed by atoms with Crippen molar-refractivity contribution in [1.29, 1.82) is 0 Å². The van der Waals surface area contributed by atoms with Gasteiger partial charge in [-0.1, -0.05) is 36.4 Å². The molecule has 0 unspecified atom stereocenters. The van der Waals surface area contributed by atoms with Crippen LogP contribution in [0.1, 0.15) is 22.8 Å². The van der Waals surface area contributed by atoms with E-state index in [9.17, 15) is 18.0 Å². The first kappa shape index (κ1) is 21.6. The maximum Gasteiger partial charge on any atom is 0.338 e. The number of benzene rings is 3. The van der Waals surface area contributed by atoms with Gasteiger partial charge in [0.25, 0.3) is 15.9 Å². The quantitative estimate of drug-likeness (QED) is 0.579. The highest BCUT2D eigenvalue weighted by atomic mass is 32.2. The Morgan fingerprint density at radius 2 is 1.62 bits per heavy atom. The van der Waals surface area contributed by atoms with Crippen LogP contribution in [0.25, 0.3) is 0 Å². The molecule has 7 nitrogen and oxygen atoms in total. The smallest absolute Gasteiger partial charge is 0.338 e. The Balaban J connectivity index is 1.39. The summed E-state index contributed by atoms with van der Waals surface area (Å²) >= 11 is 0. The third-order valence-electron chi connectivity index (χ3n) is 5.23. The Bertz CT molecular complexity index is 1240. The first-order valence-electron chi connectivity index (χ1n) is 10.1. The van der Waals surface area contributed by atoms with Gasteiger partial charge in [-0.2, -0.15) is 0 Å². The number of ether oxygens (including phenoxy) is 1. The molecule has 0 fully saturated rings. The van der Waals surface area contributed by atoms with Gasteiger partial charge in [0.1, 0.15) is 0 Å². The fraction of sp³-hybridized carbons (Fsp3) is 0.167. The molecule has 3 aromatic rings. The standard InChI is InChI=1S/C24H22N2O5S/c1-17-15-19-7-5-6-10-22(19)26(17)23(27)16-31-24(28)18-11-13-21(14-12-18)32(29,30)25-20-8-3-2-4-9-20/h2-14,17,25H,15-16H2,1H3/t17-/m0/s1. The molecule has 0 radical (unpaired) electrons. The molecule has 1 aliphatic heterocycles. The van der Waals surface area contributed by atoms with E-state index < -0.39 is 22.6 Å². The summed E-state index contributed by atoms with van der Waals surface area (Å²) in [6.45, 7) is 1.55. The molecule has 1 amide bonds. The van der Waals surface area contributed by atoms with Crippen LogP contribution < -0.4 is 9.62 Å². The van der Waals surface area contributed by atoms with E-state index in [2.05, 4.69) is 4.72 Å². The van der Waals surface area contributed by atoms with Crippen molar-refractivity contribution >= 4 is 33.3 Å². The molecule has 0 aromatic heterocycles. The van der Waals surface area contributed by atoms with Crippen LogP contribution in [-0.4, -0.2) is 32.9 Å². The van der Waals surface area contributed by atoms with Crippen molar-refractivity contribution in [2.24, 2.45) is 0 Å². The number of carbonyl (C=O) groups is 2. The molecule has 8 heteroatoms. The summed E-state index contributed by atoms with van der Waals surface area (Å²) in [5, 5.41) is 0. The van der Waals surface area contributed by atoms with Gasteiger partial charge in [0, 0.05) is 17.4 Å². The lowest BCUT2D eigenvalue weighted by molar-refractivity contribution is -0.122. The number of hydrogen-bond acceptors (Lipinski definition) is 5. The summed E-state index contributed by atoms with van der Waals surface area (Å²) in [6.07, 6.45) is 0.753. The highest BCUT2D eigenvalue weighted by Gasteiger charge is 2.31. The lowest BCUT2D eigenvalue weighted by Crippen LogP contribution is -2.38. The molecule has 0 bridgehead atoms. The predicted octanol–water partition coefficient (Wildman–Crippen LogP) is 3.62. The van der Waals surface area contributed by atoms with E-state index >= 15 is 0 Å². The van der Waals surface area contributed by atoms with Crippen LogP contribution in [0.4, 0.5) is 11.4 Å². The summed E-state index contributed by atoms with van der Waals surface area (Å²) in [6, 6.07) is 21.5. The minimum absolute atomic E-state index is 0.0106. The zero-order valence-electron chi connectivity index (χ0n) is 17.4. The summed E-state index contributed by atoms with van der Waals surface area (Å²) in [4.78, 5) is 26.7. The molecule has 4 rings (SSSR count). The molecule has 164 valence electrons. The number of anilines is 2. The zero-order chi connectivity index (χ0) is 22.7. The van der Waals surface area contributed by atoms with Crippen LogP contribution in [0.15, 0.2) is 83.8 Å². The second-order valence-electron chi connectivity index (χ2n) is 7.52. The summed E-state index contributed by atoms with van der Waals surface area (Å²) in [5.41, 5.74) is 2.51.